The summed E-state index contributed by atoms with van der Waals surface area (Å²) in [5.41, 5.74) is 2.74. The van der Waals surface area contributed by atoms with Gasteiger partial charge in [0, 0.05) is 22.7 Å². The molecule has 2 amide bonds. The molecule has 32 heavy (non-hydrogen) atoms. The molecule has 2 N–H and O–H groups in total. The van der Waals surface area contributed by atoms with Crippen molar-refractivity contribution in [3.8, 4) is 11.5 Å². The minimum absolute atomic E-state index is 0.149. The van der Waals surface area contributed by atoms with Gasteiger partial charge in [-0.05, 0) is 31.2 Å². The first kappa shape index (κ1) is 22.0. The van der Waals surface area contributed by atoms with Crippen LogP contribution in [0.1, 0.15) is 15.9 Å². The summed E-state index contributed by atoms with van der Waals surface area (Å²) in [6.07, 6.45) is 0. The maximum absolute atomic E-state index is 13.0. The predicted octanol–water partition coefficient (Wildman–Crippen LogP) is 5.40. The highest BCUT2D eigenvalue weighted by Gasteiger charge is 2.18. The fourth-order valence-corrected chi connectivity index (χ4v) is 4.16. The van der Waals surface area contributed by atoms with Gasteiger partial charge in [-0.25, -0.2) is 0 Å². The second kappa shape index (κ2) is 9.97. The van der Waals surface area contributed by atoms with Crippen molar-refractivity contribution >= 4 is 46.6 Å². The lowest BCUT2D eigenvalue weighted by Gasteiger charge is -2.20. The Balaban J connectivity index is 1.43. The van der Waals surface area contributed by atoms with E-state index in [1.54, 1.807) is 24.3 Å². The zero-order chi connectivity index (χ0) is 22.5. The van der Waals surface area contributed by atoms with Gasteiger partial charge >= 0.3 is 0 Å². The Bertz CT molecular complexity index is 1150. The number of thioether (sulfide) groups is 1. The van der Waals surface area contributed by atoms with Gasteiger partial charge in [-0.2, -0.15) is 0 Å². The summed E-state index contributed by atoms with van der Waals surface area (Å²) < 4.78 is 11.1. The van der Waals surface area contributed by atoms with E-state index in [1.807, 2.05) is 43.3 Å². The molecule has 0 saturated heterocycles. The van der Waals surface area contributed by atoms with Crippen molar-refractivity contribution in [1.82, 2.24) is 0 Å². The Morgan fingerprint density at radius 2 is 1.66 bits per heavy atom. The number of fused-ring (bicyclic) bond motifs is 1. The Labute approximate surface area is 195 Å². The molecule has 4 rings (SSSR count). The van der Waals surface area contributed by atoms with E-state index in [1.165, 1.54) is 11.8 Å². The van der Waals surface area contributed by atoms with Gasteiger partial charge in [0.15, 0.2) is 11.5 Å². The van der Waals surface area contributed by atoms with E-state index in [0.717, 1.165) is 11.3 Å². The highest BCUT2D eigenvalue weighted by molar-refractivity contribution is 8.00. The highest BCUT2D eigenvalue weighted by Crippen LogP contribution is 2.38. The van der Waals surface area contributed by atoms with Gasteiger partial charge in [0.2, 0.25) is 5.91 Å². The van der Waals surface area contributed by atoms with E-state index >= 15 is 0 Å². The molecule has 0 radical (unpaired) electrons. The van der Waals surface area contributed by atoms with E-state index in [0.29, 0.717) is 45.9 Å². The molecule has 0 saturated carbocycles. The molecule has 0 bridgehead atoms. The van der Waals surface area contributed by atoms with Gasteiger partial charge in [-0.1, -0.05) is 41.4 Å². The predicted molar refractivity (Wildman–Crippen MR) is 127 cm³/mol. The molecule has 164 valence electrons. The van der Waals surface area contributed by atoms with E-state index < -0.39 is 0 Å². The number of amides is 2. The van der Waals surface area contributed by atoms with Crippen molar-refractivity contribution in [2.75, 3.05) is 29.6 Å². The number of halogens is 1. The first-order valence-corrected chi connectivity index (χ1v) is 11.3. The van der Waals surface area contributed by atoms with Crippen LogP contribution >= 0.6 is 23.4 Å². The summed E-state index contributed by atoms with van der Waals surface area (Å²) in [6.45, 7) is 2.88. The molecule has 3 aromatic rings. The second-order valence-corrected chi connectivity index (χ2v) is 8.55. The summed E-state index contributed by atoms with van der Waals surface area (Å²) in [4.78, 5) is 26.0. The topological polar surface area (TPSA) is 76.7 Å². The SMILES string of the molecule is Cc1ccc(NC(=O)CSc2ccccc2C(=O)Nc2cc3c(cc2Cl)OCCO3)cc1. The minimum atomic E-state index is -0.328. The normalized spacial score (nSPS) is 12.2. The smallest absolute Gasteiger partial charge is 0.256 e. The largest absolute Gasteiger partial charge is 0.486 e. The van der Waals surface area contributed by atoms with Crippen molar-refractivity contribution < 1.29 is 19.1 Å². The van der Waals surface area contributed by atoms with Crippen molar-refractivity contribution in [3.63, 3.8) is 0 Å². The number of hydrogen-bond acceptors (Lipinski definition) is 5. The molecule has 1 aliphatic heterocycles. The number of aryl methyl sites for hydroxylation is 1. The first-order valence-electron chi connectivity index (χ1n) is 9.98. The van der Waals surface area contributed by atoms with Crippen LogP contribution in [0, 0.1) is 6.92 Å². The molecule has 0 aliphatic carbocycles. The van der Waals surface area contributed by atoms with E-state index in [-0.39, 0.29) is 17.6 Å². The molecule has 6 nitrogen and oxygen atoms in total. The molecule has 1 aliphatic rings. The number of carbonyl (C=O) groups is 2. The summed E-state index contributed by atoms with van der Waals surface area (Å²) in [5, 5.41) is 6.04. The molecule has 1 heterocycles. The molecule has 0 fully saturated rings. The number of hydrogen-bond donors (Lipinski definition) is 2. The summed E-state index contributed by atoms with van der Waals surface area (Å²) >= 11 is 7.61. The van der Waals surface area contributed by atoms with Crippen molar-refractivity contribution in [2.24, 2.45) is 0 Å². The molecule has 0 aromatic heterocycles. The van der Waals surface area contributed by atoms with E-state index in [9.17, 15) is 9.59 Å². The van der Waals surface area contributed by atoms with E-state index in [4.69, 9.17) is 21.1 Å². The van der Waals surface area contributed by atoms with E-state index in [2.05, 4.69) is 10.6 Å². The number of carbonyl (C=O) groups excluding carboxylic acids is 2. The fourth-order valence-electron chi connectivity index (χ4n) is 3.11. The maximum atomic E-state index is 13.0. The maximum Gasteiger partial charge on any atom is 0.256 e. The van der Waals surface area contributed by atoms with Gasteiger partial charge in [-0.3, -0.25) is 9.59 Å². The lowest BCUT2D eigenvalue weighted by molar-refractivity contribution is -0.113. The summed E-state index contributed by atoms with van der Waals surface area (Å²) in [7, 11) is 0. The summed E-state index contributed by atoms with van der Waals surface area (Å²) in [5.74, 6) is 0.777. The molecular weight excluding hydrogens is 448 g/mol. The third-order valence-electron chi connectivity index (χ3n) is 4.71. The van der Waals surface area contributed by atoms with Gasteiger partial charge < -0.3 is 20.1 Å². The number of nitrogens with one attached hydrogen (secondary N) is 2. The molecular formula is C24H21ClN2O4S. The van der Waals surface area contributed by atoms with Gasteiger partial charge in [0.05, 0.1) is 22.0 Å². The second-order valence-electron chi connectivity index (χ2n) is 7.13. The molecule has 0 atom stereocenters. The molecule has 0 spiro atoms. The lowest BCUT2D eigenvalue weighted by Crippen LogP contribution is -2.17. The van der Waals surface area contributed by atoms with Crippen LogP contribution in [0.5, 0.6) is 11.5 Å². The summed E-state index contributed by atoms with van der Waals surface area (Å²) in [6, 6.07) is 18.0. The Morgan fingerprint density at radius 1 is 0.969 bits per heavy atom. The zero-order valence-electron chi connectivity index (χ0n) is 17.3. The van der Waals surface area contributed by atoms with Crippen molar-refractivity contribution in [3.05, 3.63) is 76.8 Å². The van der Waals surface area contributed by atoms with Crippen LogP contribution in [0.25, 0.3) is 0 Å². The number of benzene rings is 3. The standard InChI is InChI=1S/C24H21ClN2O4S/c1-15-6-8-16(9-7-15)26-23(28)14-32-22-5-3-2-4-17(22)24(29)27-19-13-21-20(12-18(19)25)30-10-11-31-21/h2-9,12-13H,10-11,14H2,1H3,(H,26,28)(H,27,29). The third-order valence-corrected chi connectivity index (χ3v) is 6.09. The third kappa shape index (κ3) is 5.36. The Morgan fingerprint density at radius 3 is 2.41 bits per heavy atom. The van der Waals surface area contributed by atoms with Crippen LogP contribution in [0.3, 0.4) is 0 Å². The Kier molecular flexibility index (Phi) is 6.87. The fraction of sp³-hybridized carbons (Fsp3) is 0.167. The molecule has 8 heteroatoms. The van der Waals surface area contributed by atoms with Gasteiger partial charge in [-0.15, -0.1) is 11.8 Å². The average molecular weight is 469 g/mol. The molecule has 0 unspecified atom stereocenters. The van der Waals surface area contributed by atoms with Crippen LogP contribution in [0.4, 0.5) is 11.4 Å². The first-order chi connectivity index (χ1) is 15.5. The van der Waals surface area contributed by atoms with Crippen molar-refractivity contribution in [1.29, 1.82) is 0 Å². The van der Waals surface area contributed by atoms with Crippen LogP contribution in [0.15, 0.2) is 65.6 Å². The molecule has 3 aromatic carbocycles. The van der Waals surface area contributed by atoms with Gasteiger partial charge in [0.25, 0.3) is 5.91 Å². The van der Waals surface area contributed by atoms with Crippen LogP contribution in [-0.2, 0) is 4.79 Å². The van der Waals surface area contributed by atoms with Gasteiger partial charge in [0.1, 0.15) is 13.2 Å². The minimum Gasteiger partial charge on any atom is -0.486 e. The quantitative estimate of drug-likeness (QED) is 0.473. The zero-order valence-corrected chi connectivity index (χ0v) is 18.9. The number of rotatable bonds is 6. The van der Waals surface area contributed by atoms with Crippen LogP contribution < -0.4 is 20.1 Å². The van der Waals surface area contributed by atoms with Crippen LogP contribution in [0.2, 0.25) is 5.02 Å². The van der Waals surface area contributed by atoms with Crippen molar-refractivity contribution in [2.45, 2.75) is 11.8 Å². The van der Waals surface area contributed by atoms with Crippen LogP contribution in [-0.4, -0.2) is 30.8 Å². The number of ether oxygens (including phenoxy) is 2. The number of anilines is 2. The monoisotopic (exact) mass is 468 g/mol. The Hall–Kier alpha value is -3.16. The highest BCUT2D eigenvalue weighted by atomic mass is 35.5. The average Bonchev–Trinajstić information content (AvgIpc) is 2.80. The lowest BCUT2D eigenvalue weighted by atomic mass is 10.2.